The molecule has 0 bridgehead atoms. The van der Waals surface area contributed by atoms with E-state index < -0.39 is 4.92 Å². The maximum Gasteiger partial charge on any atom is 0.312 e. The number of nitrogens with zero attached hydrogens (tertiary/aromatic N) is 3. The van der Waals surface area contributed by atoms with Gasteiger partial charge in [-0.1, -0.05) is 19.8 Å². The topological polar surface area (TPSA) is 90.1 Å². The molecular formula is C12H20N4O3. The number of carbonyl (C=O) groups excluding carboxylic acids is 1. The summed E-state index contributed by atoms with van der Waals surface area (Å²) in [6, 6.07) is 0. The SMILES string of the molecule is CCCCCNC(=O)Cn1nc(C)c([N+](=O)[O-])c1C. The highest BCUT2D eigenvalue weighted by atomic mass is 16.6. The number of carbonyl (C=O) groups is 1. The van der Waals surface area contributed by atoms with Crippen LogP contribution in [0.1, 0.15) is 37.6 Å². The molecule has 1 rings (SSSR count). The number of hydrogen-bond donors (Lipinski definition) is 1. The summed E-state index contributed by atoms with van der Waals surface area (Å²) in [5.41, 5.74) is 0.728. The van der Waals surface area contributed by atoms with Crippen LogP contribution in [-0.2, 0) is 11.3 Å². The van der Waals surface area contributed by atoms with E-state index in [0.29, 0.717) is 17.9 Å². The van der Waals surface area contributed by atoms with E-state index in [1.54, 1.807) is 13.8 Å². The lowest BCUT2D eigenvalue weighted by atomic mass is 10.2. The summed E-state index contributed by atoms with van der Waals surface area (Å²) in [5.74, 6) is -0.170. The zero-order chi connectivity index (χ0) is 14.4. The van der Waals surface area contributed by atoms with Crippen molar-refractivity contribution in [2.45, 2.75) is 46.6 Å². The predicted octanol–water partition coefficient (Wildman–Crippen LogP) is 1.71. The molecule has 0 aliphatic heterocycles. The third-order valence-electron chi connectivity index (χ3n) is 2.92. The summed E-state index contributed by atoms with van der Waals surface area (Å²) >= 11 is 0. The minimum absolute atomic E-state index is 0.0150. The minimum atomic E-state index is -0.465. The molecule has 0 radical (unpaired) electrons. The van der Waals surface area contributed by atoms with Gasteiger partial charge in [0, 0.05) is 6.54 Å². The summed E-state index contributed by atoms with van der Waals surface area (Å²) < 4.78 is 1.38. The van der Waals surface area contributed by atoms with Gasteiger partial charge in [-0.15, -0.1) is 0 Å². The summed E-state index contributed by atoms with van der Waals surface area (Å²) in [4.78, 5) is 22.0. The Labute approximate surface area is 112 Å². The normalized spacial score (nSPS) is 10.5. The van der Waals surface area contributed by atoms with Crippen LogP contribution >= 0.6 is 0 Å². The molecule has 19 heavy (non-hydrogen) atoms. The number of rotatable bonds is 7. The van der Waals surface area contributed by atoms with Crippen LogP contribution in [0.2, 0.25) is 0 Å². The Morgan fingerprint density at radius 1 is 1.42 bits per heavy atom. The van der Waals surface area contributed by atoms with E-state index >= 15 is 0 Å². The van der Waals surface area contributed by atoms with Crippen LogP contribution in [0.15, 0.2) is 0 Å². The Kier molecular flexibility index (Phi) is 5.47. The van der Waals surface area contributed by atoms with Gasteiger partial charge in [0.2, 0.25) is 5.91 Å². The van der Waals surface area contributed by atoms with Gasteiger partial charge in [0.15, 0.2) is 0 Å². The molecular weight excluding hydrogens is 248 g/mol. The van der Waals surface area contributed by atoms with Crippen LogP contribution in [0.5, 0.6) is 0 Å². The fourth-order valence-electron chi connectivity index (χ4n) is 1.90. The van der Waals surface area contributed by atoms with Gasteiger partial charge in [0.25, 0.3) is 0 Å². The van der Waals surface area contributed by atoms with Gasteiger partial charge >= 0.3 is 5.69 Å². The van der Waals surface area contributed by atoms with Crippen LogP contribution in [-0.4, -0.2) is 27.2 Å². The highest BCUT2D eigenvalue weighted by Gasteiger charge is 2.22. The molecule has 0 spiro atoms. The average Bonchev–Trinajstić information content (AvgIpc) is 2.60. The Balaban J connectivity index is 2.60. The number of amides is 1. The average molecular weight is 268 g/mol. The first kappa shape index (κ1) is 15.1. The second-order valence-corrected chi connectivity index (χ2v) is 4.49. The highest BCUT2D eigenvalue weighted by Crippen LogP contribution is 2.21. The first-order valence-corrected chi connectivity index (χ1v) is 6.42. The van der Waals surface area contributed by atoms with Gasteiger partial charge in [-0.2, -0.15) is 5.10 Å². The van der Waals surface area contributed by atoms with Crippen LogP contribution in [0.25, 0.3) is 0 Å². The Morgan fingerprint density at radius 3 is 2.63 bits per heavy atom. The van der Waals surface area contributed by atoms with Gasteiger partial charge in [-0.05, 0) is 20.3 Å². The standard InChI is InChI=1S/C12H20N4O3/c1-4-5-6-7-13-11(17)8-15-10(3)12(16(18)19)9(2)14-15/h4-8H2,1-3H3,(H,13,17). The second kappa shape index (κ2) is 6.86. The number of unbranched alkanes of at least 4 members (excludes halogenated alkanes) is 2. The van der Waals surface area contributed by atoms with E-state index in [1.165, 1.54) is 4.68 Å². The van der Waals surface area contributed by atoms with Crippen LogP contribution in [0.3, 0.4) is 0 Å². The van der Waals surface area contributed by atoms with Crippen molar-refractivity contribution in [3.8, 4) is 0 Å². The number of aromatic nitrogens is 2. The van der Waals surface area contributed by atoms with Gasteiger partial charge in [0.1, 0.15) is 17.9 Å². The van der Waals surface area contributed by atoms with Gasteiger partial charge in [-0.25, -0.2) is 0 Å². The van der Waals surface area contributed by atoms with E-state index in [4.69, 9.17) is 0 Å². The molecule has 0 fully saturated rings. The van der Waals surface area contributed by atoms with E-state index in [-0.39, 0.29) is 18.1 Å². The van der Waals surface area contributed by atoms with E-state index in [2.05, 4.69) is 17.3 Å². The smallest absolute Gasteiger partial charge is 0.312 e. The van der Waals surface area contributed by atoms with E-state index in [9.17, 15) is 14.9 Å². The van der Waals surface area contributed by atoms with Crippen molar-refractivity contribution in [2.75, 3.05) is 6.54 Å². The van der Waals surface area contributed by atoms with E-state index in [0.717, 1.165) is 19.3 Å². The van der Waals surface area contributed by atoms with Crippen LogP contribution < -0.4 is 5.32 Å². The molecule has 106 valence electrons. The van der Waals surface area contributed by atoms with Crippen molar-refractivity contribution in [2.24, 2.45) is 0 Å². The number of aryl methyl sites for hydroxylation is 1. The summed E-state index contributed by atoms with van der Waals surface area (Å²) in [6.45, 7) is 5.92. The molecule has 7 nitrogen and oxygen atoms in total. The summed E-state index contributed by atoms with van der Waals surface area (Å²) in [6.07, 6.45) is 3.12. The highest BCUT2D eigenvalue weighted by molar-refractivity contribution is 5.75. The zero-order valence-corrected chi connectivity index (χ0v) is 11.6. The molecule has 7 heteroatoms. The lowest BCUT2D eigenvalue weighted by Crippen LogP contribution is -2.29. The monoisotopic (exact) mass is 268 g/mol. The summed E-state index contributed by atoms with van der Waals surface area (Å²) in [5, 5.41) is 17.6. The molecule has 0 aromatic carbocycles. The Morgan fingerprint density at radius 2 is 2.11 bits per heavy atom. The molecule has 1 aromatic heterocycles. The van der Waals surface area contributed by atoms with Crippen molar-refractivity contribution in [3.05, 3.63) is 21.5 Å². The first-order valence-electron chi connectivity index (χ1n) is 6.42. The number of nitrogens with one attached hydrogen (secondary N) is 1. The molecule has 1 amide bonds. The number of nitro groups is 1. The third kappa shape index (κ3) is 4.04. The van der Waals surface area contributed by atoms with Crippen molar-refractivity contribution >= 4 is 11.6 Å². The largest absolute Gasteiger partial charge is 0.354 e. The maximum absolute atomic E-state index is 11.7. The molecule has 0 saturated carbocycles. The first-order chi connectivity index (χ1) is 8.97. The minimum Gasteiger partial charge on any atom is -0.354 e. The zero-order valence-electron chi connectivity index (χ0n) is 11.6. The van der Waals surface area contributed by atoms with E-state index in [1.807, 2.05) is 0 Å². The van der Waals surface area contributed by atoms with Gasteiger partial charge in [0.05, 0.1) is 4.92 Å². The molecule has 0 unspecified atom stereocenters. The molecule has 0 atom stereocenters. The molecule has 1 N–H and O–H groups in total. The second-order valence-electron chi connectivity index (χ2n) is 4.49. The Bertz CT molecular complexity index is 468. The van der Waals surface area contributed by atoms with Gasteiger partial charge in [-0.3, -0.25) is 19.6 Å². The fraction of sp³-hybridized carbons (Fsp3) is 0.667. The molecule has 0 saturated heterocycles. The van der Waals surface area contributed by atoms with Crippen molar-refractivity contribution in [1.29, 1.82) is 0 Å². The predicted molar refractivity (Wildman–Crippen MR) is 70.9 cm³/mol. The van der Waals surface area contributed by atoms with Crippen molar-refractivity contribution in [3.63, 3.8) is 0 Å². The molecule has 1 heterocycles. The third-order valence-corrected chi connectivity index (χ3v) is 2.92. The Hall–Kier alpha value is -1.92. The van der Waals surface area contributed by atoms with Gasteiger partial charge < -0.3 is 5.32 Å². The molecule has 0 aliphatic rings. The van der Waals surface area contributed by atoms with Crippen LogP contribution in [0.4, 0.5) is 5.69 Å². The molecule has 1 aromatic rings. The lowest BCUT2D eigenvalue weighted by molar-refractivity contribution is -0.386. The van der Waals surface area contributed by atoms with Crippen molar-refractivity contribution < 1.29 is 9.72 Å². The quantitative estimate of drug-likeness (QED) is 0.463. The van der Waals surface area contributed by atoms with Crippen LogP contribution in [0, 0.1) is 24.0 Å². The maximum atomic E-state index is 11.7. The summed E-state index contributed by atoms with van der Waals surface area (Å²) in [7, 11) is 0. The number of hydrogen-bond acceptors (Lipinski definition) is 4. The molecule has 0 aliphatic carbocycles. The lowest BCUT2D eigenvalue weighted by Gasteiger charge is -2.05. The fourth-order valence-corrected chi connectivity index (χ4v) is 1.90. The van der Waals surface area contributed by atoms with Crippen molar-refractivity contribution in [1.82, 2.24) is 15.1 Å².